The van der Waals surface area contributed by atoms with Gasteiger partial charge in [0.15, 0.2) is 0 Å². The Labute approximate surface area is 112 Å². The molecule has 2 aromatic rings. The average Bonchev–Trinajstić information content (AvgIpc) is 3.01. The van der Waals surface area contributed by atoms with Crippen molar-refractivity contribution >= 4 is 11.6 Å². The van der Waals surface area contributed by atoms with Gasteiger partial charge in [0.05, 0.1) is 18.2 Å². The van der Waals surface area contributed by atoms with Gasteiger partial charge < -0.3 is 9.88 Å². The van der Waals surface area contributed by atoms with E-state index in [1.54, 1.807) is 0 Å². The first-order valence-corrected chi connectivity index (χ1v) is 6.70. The summed E-state index contributed by atoms with van der Waals surface area (Å²) in [6.45, 7) is 2.10. The molecule has 2 heterocycles. The molecule has 1 saturated heterocycles. The molecular formula is C14H16ClN3. The Morgan fingerprint density at radius 2 is 2.39 bits per heavy atom. The molecule has 1 aromatic heterocycles. The van der Waals surface area contributed by atoms with Crippen LogP contribution in [0.5, 0.6) is 0 Å². The van der Waals surface area contributed by atoms with E-state index in [-0.39, 0.29) is 0 Å². The third-order valence-electron chi connectivity index (χ3n) is 3.41. The number of hydrogen-bond acceptors (Lipinski definition) is 2. The van der Waals surface area contributed by atoms with Crippen LogP contribution >= 0.6 is 11.6 Å². The number of imidazole rings is 1. The second-order valence-corrected chi connectivity index (χ2v) is 5.17. The lowest BCUT2D eigenvalue weighted by Crippen LogP contribution is -2.26. The zero-order chi connectivity index (χ0) is 12.4. The zero-order valence-electron chi connectivity index (χ0n) is 10.1. The number of nitrogens with one attached hydrogen (secondary N) is 1. The van der Waals surface area contributed by atoms with E-state index in [0.717, 1.165) is 29.4 Å². The van der Waals surface area contributed by atoms with Gasteiger partial charge in [0, 0.05) is 23.2 Å². The van der Waals surface area contributed by atoms with Crippen molar-refractivity contribution in [3.8, 4) is 11.3 Å². The van der Waals surface area contributed by atoms with Crippen molar-refractivity contribution in [3.63, 3.8) is 0 Å². The Morgan fingerprint density at radius 3 is 3.17 bits per heavy atom. The molecule has 0 radical (unpaired) electrons. The fourth-order valence-corrected chi connectivity index (χ4v) is 2.69. The van der Waals surface area contributed by atoms with Gasteiger partial charge in [0.2, 0.25) is 0 Å². The van der Waals surface area contributed by atoms with Crippen LogP contribution in [0.25, 0.3) is 11.3 Å². The van der Waals surface area contributed by atoms with Crippen LogP contribution in [0.15, 0.2) is 36.8 Å². The van der Waals surface area contributed by atoms with Gasteiger partial charge in [-0.05, 0) is 31.5 Å². The van der Waals surface area contributed by atoms with E-state index in [4.69, 9.17) is 11.6 Å². The van der Waals surface area contributed by atoms with Gasteiger partial charge in [-0.3, -0.25) is 0 Å². The summed E-state index contributed by atoms with van der Waals surface area (Å²) in [4.78, 5) is 4.26. The molecule has 0 bridgehead atoms. The molecule has 1 N–H and O–H groups in total. The molecule has 1 aliphatic heterocycles. The van der Waals surface area contributed by atoms with E-state index in [9.17, 15) is 0 Å². The fourth-order valence-electron chi connectivity index (χ4n) is 2.50. The normalized spacial score (nSPS) is 19.3. The summed E-state index contributed by atoms with van der Waals surface area (Å²) < 4.78 is 2.20. The van der Waals surface area contributed by atoms with Crippen molar-refractivity contribution in [2.24, 2.45) is 0 Å². The Hall–Kier alpha value is -1.32. The topological polar surface area (TPSA) is 29.9 Å². The van der Waals surface area contributed by atoms with Crippen LogP contribution in [0, 0.1) is 0 Å². The Kier molecular flexibility index (Phi) is 3.35. The first-order valence-electron chi connectivity index (χ1n) is 6.32. The van der Waals surface area contributed by atoms with Gasteiger partial charge in [0.1, 0.15) is 0 Å². The van der Waals surface area contributed by atoms with Crippen molar-refractivity contribution in [1.29, 1.82) is 0 Å². The minimum absolute atomic E-state index is 0.567. The first kappa shape index (κ1) is 11.8. The van der Waals surface area contributed by atoms with Crippen molar-refractivity contribution in [2.75, 3.05) is 6.54 Å². The summed E-state index contributed by atoms with van der Waals surface area (Å²) in [5.41, 5.74) is 2.25. The highest BCUT2D eigenvalue weighted by Gasteiger charge is 2.16. The van der Waals surface area contributed by atoms with E-state index in [0.29, 0.717) is 6.04 Å². The highest BCUT2D eigenvalue weighted by atomic mass is 35.5. The van der Waals surface area contributed by atoms with Gasteiger partial charge >= 0.3 is 0 Å². The number of hydrogen-bond donors (Lipinski definition) is 1. The highest BCUT2D eigenvalue weighted by molar-refractivity contribution is 6.30. The molecule has 1 atom stereocenters. The van der Waals surface area contributed by atoms with Crippen LogP contribution < -0.4 is 5.32 Å². The highest BCUT2D eigenvalue weighted by Crippen LogP contribution is 2.23. The second-order valence-electron chi connectivity index (χ2n) is 4.73. The van der Waals surface area contributed by atoms with Crippen LogP contribution in [0.4, 0.5) is 0 Å². The summed E-state index contributed by atoms with van der Waals surface area (Å²) in [6, 6.07) is 8.49. The molecular weight excluding hydrogens is 246 g/mol. The van der Waals surface area contributed by atoms with Crippen molar-refractivity contribution in [3.05, 3.63) is 41.8 Å². The van der Waals surface area contributed by atoms with E-state index >= 15 is 0 Å². The smallest absolute Gasteiger partial charge is 0.0951 e. The van der Waals surface area contributed by atoms with Crippen LogP contribution in [-0.4, -0.2) is 22.1 Å². The Balaban J connectivity index is 1.86. The second kappa shape index (κ2) is 5.12. The predicted octanol–water partition coefficient (Wildman–Crippen LogP) is 2.96. The molecule has 3 nitrogen and oxygen atoms in total. The lowest BCUT2D eigenvalue weighted by Gasteiger charge is -2.14. The van der Waals surface area contributed by atoms with Crippen LogP contribution in [0.2, 0.25) is 5.02 Å². The van der Waals surface area contributed by atoms with Gasteiger partial charge in [-0.25, -0.2) is 4.98 Å². The van der Waals surface area contributed by atoms with E-state index in [1.807, 2.05) is 30.7 Å². The summed E-state index contributed by atoms with van der Waals surface area (Å²) in [6.07, 6.45) is 6.32. The number of nitrogens with zero attached hydrogens (tertiary/aromatic N) is 2. The Bertz CT molecular complexity index is 529. The van der Waals surface area contributed by atoms with Crippen molar-refractivity contribution in [1.82, 2.24) is 14.9 Å². The fraction of sp³-hybridized carbons (Fsp3) is 0.357. The maximum atomic E-state index is 6.04. The monoisotopic (exact) mass is 261 g/mol. The van der Waals surface area contributed by atoms with Gasteiger partial charge in [-0.2, -0.15) is 0 Å². The number of benzene rings is 1. The predicted molar refractivity (Wildman–Crippen MR) is 73.7 cm³/mol. The summed E-state index contributed by atoms with van der Waals surface area (Å²) >= 11 is 6.04. The van der Waals surface area contributed by atoms with Crippen molar-refractivity contribution < 1.29 is 0 Å². The molecule has 1 fully saturated rings. The van der Waals surface area contributed by atoms with E-state index in [1.165, 1.54) is 12.8 Å². The number of halogens is 1. The molecule has 3 rings (SSSR count). The number of aromatic nitrogens is 2. The summed E-state index contributed by atoms with van der Waals surface area (Å²) in [5.74, 6) is 0. The average molecular weight is 262 g/mol. The molecule has 4 heteroatoms. The zero-order valence-corrected chi connectivity index (χ0v) is 10.9. The molecule has 0 saturated carbocycles. The summed E-state index contributed by atoms with van der Waals surface area (Å²) in [5, 5.41) is 4.27. The number of rotatable bonds is 3. The standard InChI is InChI=1S/C14H16ClN3/c15-12-4-1-3-11(7-12)14-8-16-10-18(14)9-13-5-2-6-17-13/h1,3-4,7-8,10,13,17H,2,5-6,9H2. The lowest BCUT2D eigenvalue weighted by molar-refractivity contribution is 0.512. The maximum Gasteiger partial charge on any atom is 0.0951 e. The van der Waals surface area contributed by atoms with Crippen LogP contribution in [0.1, 0.15) is 12.8 Å². The van der Waals surface area contributed by atoms with Gasteiger partial charge in [-0.1, -0.05) is 23.7 Å². The van der Waals surface area contributed by atoms with Crippen LogP contribution in [0.3, 0.4) is 0 Å². The third kappa shape index (κ3) is 2.42. The quantitative estimate of drug-likeness (QED) is 0.921. The molecule has 0 spiro atoms. The van der Waals surface area contributed by atoms with E-state index in [2.05, 4.69) is 20.9 Å². The molecule has 1 aliphatic rings. The molecule has 1 aromatic carbocycles. The maximum absolute atomic E-state index is 6.04. The van der Waals surface area contributed by atoms with Gasteiger partial charge in [0.25, 0.3) is 0 Å². The molecule has 0 amide bonds. The molecule has 94 valence electrons. The SMILES string of the molecule is Clc1cccc(-c2cncn2CC2CCCN2)c1. The minimum atomic E-state index is 0.567. The third-order valence-corrected chi connectivity index (χ3v) is 3.65. The largest absolute Gasteiger partial charge is 0.329 e. The molecule has 18 heavy (non-hydrogen) atoms. The Morgan fingerprint density at radius 1 is 1.44 bits per heavy atom. The minimum Gasteiger partial charge on any atom is -0.329 e. The van der Waals surface area contributed by atoms with Gasteiger partial charge in [-0.15, -0.1) is 0 Å². The molecule has 1 unspecified atom stereocenters. The van der Waals surface area contributed by atoms with Crippen LogP contribution in [-0.2, 0) is 6.54 Å². The molecule has 0 aliphatic carbocycles. The first-order chi connectivity index (χ1) is 8.83. The van der Waals surface area contributed by atoms with Crippen molar-refractivity contribution in [2.45, 2.75) is 25.4 Å². The summed E-state index contributed by atoms with van der Waals surface area (Å²) in [7, 11) is 0. The van der Waals surface area contributed by atoms with E-state index < -0.39 is 0 Å². The lowest BCUT2D eigenvalue weighted by atomic mass is 10.1.